The number of carbonyl (C=O) groups excluding carboxylic acids is 1. The molecule has 19 heavy (non-hydrogen) atoms. The third-order valence-corrected chi connectivity index (χ3v) is 4.29. The van der Waals surface area contributed by atoms with Gasteiger partial charge in [-0.25, -0.2) is 4.79 Å². The minimum atomic E-state index is -0.276. The van der Waals surface area contributed by atoms with Crippen LogP contribution in [0.15, 0.2) is 24.3 Å². The number of halogens is 1. The third kappa shape index (κ3) is 4.24. The molecular formula is C16H21ClO2. The number of benzene rings is 1. The largest absolute Gasteiger partial charge is 0.462 e. The fourth-order valence-electron chi connectivity index (χ4n) is 2.86. The molecule has 0 spiro atoms. The van der Waals surface area contributed by atoms with Crippen molar-refractivity contribution in [3.05, 3.63) is 34.9 Å². The molecule has 1 aliphatic carbocycles. The summed E-state index contributed by atoms with van der Waals surface area (Å²) in [5.41, 5.74) is 0.529. The van der Waals surface area contributed by atoms with Crippen LogP contribution in [-0.4, -0.2) is 12.6 Å². The highest BCUT2D eigenvalue weighted by Gasteiger charge is 2.22. The minimum absolute atomic E-state index is 0.276. The third-order valence-electron chi connectivity index (χ3n) is 4.05. The van der Waals surface area contributed by atoms with Crippen molar-refractivity contribution in [1.82, 2.24) is 0 Å². The number of rotatable bonds is 5. The second-order valence-electron chi connectivity index (χ2n) is 5.46. The lowest BCUT2D eigenvalue weighted by molar-refractivity contribution is 0.0492. The van der Waals surface area contributed by atoms with Crippen LogP contribution in [-0.2, 0) is 4.74 Å². The van der Waals surface area contributed by atoms with Crippen LogP contribution in [0.1, 0.15) is 49.4 Å². The molecule has 0 heterocycles. The van der Waals surface area contributed by atoms with Crippen LogP contribution >= 0.6 is 11.6 Å². The van der Waals surface area contributed by atoms with Crippen molar-refractivity contribution in [2.75, 3.05) is 6.61 Å². The topological polar surface area (TPSA) is 26.3 Å². The first-order chi connectivity index (χ1) is 9.16. The molecule has 0 aromatic heterocycles. The van der Waals surface area contributed by atoms with Gasteiger partial charge < -0.3 is 4.74 Å². The molecule has 1 aliphatic rings. The molecule has 1 saturated carbocycles. The molecular weight excluding hydrogens is 260 g/mol. The summed E-state index contributed by atoms with van der Waals surface area (Å²) in [6, 6.07) is 6.88. The van der Waals surface area contributed by atoms with Gasteiger partial charge in [0.15, 0.2) is 0 Å². The standard InChI is InChI=1S/C16H21ClO2/c1-12-5-2-6-13(12)8-4-10-19-16(18)14-7-3-9-15(17)11-14/h3,7,9,11-13H,2,4-6,8,10H2,1H3. The smallest absolute Gasteiger partial charge is 0.338 e. The van der Waals surface area contributed by atoms with Gasteiger partial charge in [-0.1, -0.05) is 43.9 Å². The van der Waals surface area contributed by atoms with Crippen molar-refractivity contribution in [1.29, 1.82) is 0 Å². The van der Waals surface area contributed by atoms with Gasteiger partial charge >= 0.3 is 5.97 Å². The van der Waals surface area contributed by atoms with E-state index >= 15 is 0 Å². The Labute approximate surface area is 120 Å². The number of esters is 1. The van der Waals surface area contributed by atoms with Gasteiger partial charge in [0.2, 0.25) is 0 Å². The lowest BCUT2D eigenvalue weighted by Crippen LogP contribution is -2.09. The van der Waals surface area contributed by atoms with Gasteiger partial charge in [0.25, 0.3) is 0 Å². The van der Waals surface area contributed by atoms with Crippen LogP contribution in [0.4, 0.5) is 0 Å². The summed E-state index contributed by atoms with van der Waals surface area (Å²) >= 11 is 5.84. The van der Waals surface area contributed by atoms with Gasteiger partial charge in [-0.05, 0) is 42.9 Å². The summed E-state index contributed by atoms with van der Waals surface area (Å²) in [6.45, 7) is 2.84. The fraction of sp³-hybridized carbons (Fsp3) is 0.562. The fourth-order valence-corrected chi connectivity index (χ4v) is 3.05. The maximum absolute atomic E-state index is 11.8. The number of ether oxygens (including phenoxy) is 1. The highest BCUT2D eigenvalue weighted by atomic mass is 35.5. The molecule has 0 N–H and O–H groups in total. The molecule has 2 rings (SSSR count). The first-order valence-corrected chi connectivity index (χ1v) is 7.47. The summed E-state index contributed by atoms with van der Waals surface area (Å²) in [5.74, 6) is 1.38. The molecule has 0 saturated heterocycles. The highest BCUT2D eigenvalue weighted by molar-refractivity contribution is 6.30. The van der Waals surface area contributed by atoms with E-state index in [1.54, 1.807) is 24.3 Å². The van der Waals surface area contributed by atoms with Crippen molar-refractivity contribution in [3.63, 3.8) is 0 Å². The van der Waals surface area contributed by atoms with Crippen molar-refractivity contribution < 1.29 is 9.53 Å². The summed E-state index contributed by atoms with van der Waals surface area (Å²) in [6.07, 6.45) is 6.18. The van der Waals surface area contributed by atoms with Crippen LogP contribution < -0.4 is 0 Å². The number of carbonyl (C=O) groups is 1. The quantitative estimate of drug-likeness (QED) is 0.576. The van der Waals surface area contributed by atoms with E-state index in [1.165, 1.54) is 25.7 Å². The van der Waals surface area contributed by atoms with Gasteiger partial charge in [0.05, 0.1) is 12.2 Å². The van der Waals surface area contributed by atoms with Gasteiger partial charge in [0, 0.05) is 5.02 Å². The van der Waals surface area contributed by atoms with E-state index < -0.39 is 0 Å². The molecule has 0 bridgehead atoms. The molecule has 2 unspecified atom stereocenters. The average Bonchev–Trinajstić information content (AvgIpc) is 2.80. The van der Waals surface area contributed by atoms with Crippen LogP contribution in [0.5, 0.6) is 0 Å². The van der Waals surface area contributed by atoms with E-state index in [0.717, 1.165) is 18.3 Å². The Bertz CT molecular complexity index is 431. The Hall–Kier alpha value is -1.02. The van der Waals surface area contributed by atoms with Crippen LogP contribution in [0.2, 0.25) is 5.02 Å². The number of hydrogen-bond acceptors (Lipinski definition) is 2. The van der Waals surface area contributed by atoms with Crippen molar-refractivity contribution >= 4 is 17.6 Å². The van der Waals surface area contributed by atoms with E-state index in [1.807, 2.05) is 0 Å². The van der Waals surface area contributed by atoms with E-state index in [9.17, 15) is 4.79 Å². The van der Waals surface area contributed by atoms with Crippen molar-refractivity contribution in [2.45, 2.75) is 39.0 Å². The molecule has 2 nitrogen and oxygen atoms in total. The lowest BCUT2D eigenvalue weighted by Gasteiger charge is -2.14. The SMILES string of the molecule is CC1CCCC1CCCOC(=O)c1cccc(Cl)c1. The van der Waals surface area contributed by atoms with Crippen molar-refractivity contribution in [2.24, 2.45) is 11.8 Å². The average molecular weight is 281 g/mol. The summed E-state index contributed by atoms with van der Waals surface area (Å²) in [7, 11) is 0. The van der Waals surface area contributed by atoms with Gasteiger partial charge in [-0.3, -0.25) is 0 Å². The molecule has 0 radical (unpaired) electrons. The van der Waals surface area contributed by atoms with E-state index in [-0.39, 0.29) is 5.97 Å². The summed E-state index contributed by atoms with van der Waals surface area (Å²) in [5, 5.41) is 0.564. The Balaban J connectivity index is 1.69. The monoisotopic (exact) mass is 280 g/mol. The molecule has 0 aliphatic heterocycles. The lowest BCUT2D eigenvalue weighted by atomic mass is 9.93. The molecule has 1 aromatic carbocycles. The predicted molar refractivity (Wildman–Crippen MR) is 77.5 cm³/mol. The van der Waals surface area contributed by atoms with Gasteiger partial charge in [-0.15, -0.1) is 0 Å². The normalized spacial score (nSPS) is 22.4. The highest BCUT2D eigenvalue weighted by Crippen LogP contribution is 2.34. The van der Waals surface area contributed by atoms with Crippen LogP contribution in [0.3, 0.4) is 0 Å². The maximum Gasteiger partial charge on any atom is 0.338 e. The van der Waals surface area contributed by atoms with Crippen LogP contribution in [0.25, 0.3) is 0 Å². The Morgan fingerprint density at radius 3 is 2.95 bits per heavy atom. The maximum atomic E-state index is 11.8. The molecule has 1 aromatic rings. The van der Waals surface area contributed by atoms with Gasteiger partial charge in [-0.2, -0.15) is 0 Å². The molecule has 104 valence electrons. The zero-order valence-electron chi connectivity index (χ0n) is 11.4. The Morgan fingerprint density at radius 1 is 1.42 bits per heavy atom. The van der Waals surface area contributed by atoms with E-state index in [0.29, 0.717) is 17.2 Å². The first-order valence-electron chi connectivity index (χ1n) is 7.09. The number of hydrogen-bond donors (Lipinski definition) is 0. The molecule has 3 heteroatoms. The van der Waals surface area contributed by atoms with Crippen molar-refractivity contribution in [3.8, 4) is 0 Å². The Morgan fingerprint density at radius 2 is 2.26 bits per heavy atom. The second-order valence-corrected chi connectivity index (χ2v) is 5.89. The van der Waals surface area contributed by atoms with E-state index in [2.05, 4.69) is 6.92 Å². The first kappa shape index (κ1) is 14.4. The van der Waals surface area contributed by atoms with Crippen LogP contribution in [0, 0.1) is 11.8 Å². The van der Waals surface area contributed by atoms with Gasteiger partial charge in [0.1, 0.15) is 0 Å². The molecule has 2 atom stereocenters. The zero-order valence-corrected chi connectivity index (χ0v) is 12.2. The zero-order chi connectivity index (χ0) is 13.7. The summed E-state index contributed by atoms with van der Waals surface area (Å²) < 4.78 is 5.28. The predicted octanol–water partition coefficient (Wildman–Crippen LogP) is 4.71. The Kier molecular flexibility index (Phi) is 5.26. The summed E-state index contributed by atoms with van der Waals surface area (Å²) in [4.78, 5) is 11.8. The van der Waals surface area contributed by atoms with E-state index in [4.69, 9.17) is 16.3 Å². The molecule has 0 amide bonds. The second kappa shape index (κ2) is 6.95. The minimum Gasteiger partial charge on any atom is -0.462 e. The molecule has 1 fully saturated rings.